The Morgan fingerprint density at radius 1 is 1.00 bits per heavy atom. The van der Waals surface area contributed by atoms with Crippen LogP contribution in [0.4, 0.5) is 14.6 Å². The Kier molecular flexibility index (Phi) is 4.69. The molecule has 4 aromatic rings. The van der Waals surface area contributed by atoms with Gasteiger partial charge in [-0.15, -0.1) is 5.10 Å². The number of anilines is 1. The van der Waals surface area contributed by atoms with Crippen molar-refractivity contribution >= 4 is 11.5 Å². The molecule has 0 atom stereocenters. The summed E-state index contributed by atoms with van der Waals surface area (Å²) in [5.74, 6) is -0.660. The molecule has 0 fully saturated rings. The number of nitrogens with zero attached hydrogens (tertiary/aromatic N) is 6. The van der Waals surface area contributed by atoms with Crippen LogP contribution in [0.25, 0.3) is 16.8 Å². The first-order chi connectivity index (χ1) is 15.3. The lowest BCUT2D eigenvalue weighted by Gasteiger charge is -2.31. The molecule has 7 nitrogen and oxygen atoms in total. The zero-order valence-electron chi connectivity index (χ0n) is 17.9. The van der Waals surface area contributed by atoms with E-state index in [0.29, 0.717) is 42.2 Å². The molecule has 4 aromatic heterocycles. The van der Waals surface area contributed by atoms with Crippen LogP contribution < -0.4 is 10.5 Å². The zero-order chi connectivity index (χ0) is 22.6. The fraction of sp³-hybridized carbons (Fsp3) is 0.261. The molecular formula is C23H20F2N6O. The number of hydrogen-bond donors (Lipinski definition) is 0. The van der Waals surface area contributed by atoms with Crippen LogP contribution in [-0.4, -0.2) is 31.1 Å². The highest BCUT2D eigenvalue weighted by molar-refractivity contribution is 5.65. The van der Waals surface area contributed by atoms with E-state index in [1.165, 1.54) is 10.6 Å². The number of halogens is 2. The fourth-order valence-electron chi connectivity index (χ4n) is 4.12. The molecular weight excluding hydrogens is 414 g/mol. The molecule has 5 heterocycles. The Bertz CT molecular complexity index is 1450. The first-order valence-electron chi connectivity index (χ1n) is 10.2. The van der Waals surface area contributed by atoms with Crippen LogP contribution in [0.3, 0.4) is 0 Å². The van der Waals surface area contributed by atoms with Gasteiger partial charge in [-0.05, 0) is 32.4 Å². The van der Waals surface area contributed by atoms with Gasteiger partial charge in [0.2, 0.25) is 5.95 Å². The number of pyridine rings is 2. The molecule has 0 saturated carbocycles. The quantitative estimate of drug-likeness (QED) is 0.451. The van der Waals surface area contributed by atoms with Crippen molar-refractivity contribution in [3.8, 4) is 11.1 Å². The summed E-state index contributed by atoms with van der Waals surface area (Å²) in [5, 5.41) is 4.61. The second-order valence-corrected chi connectivity index (χ2v) is 8.03. The number of rotatable bonds is 2. The van der Waals surface area contributed by atoms with Crippen molar-refractivity contribution in [2.45, 2.75) is 33.7 Å². The van der Waals surface area contributed by atoms with Gasteiger partial charge in [0.25, 0.3) is 5.56 Å². The molecule has 0 spiro atoms. The molecule has 162 valence electrons. The Morgan fingerprint density at radius 2 is 1.81 bits per heavy atom. The molecule has 0 aromatic carbocycles. The normalized spacial score (nSPS) is 13.5. The summed E-state index contributed by atoms with van der Waals surface area (Å²) in [7, 11) is 0. The number of aromatic nitrogens is 5. The highest BCUT2D eigenvalue weighted by Crippen LogP contribution is 2.30. The summed E-state index contributed by atoms with van der Waals surface area (Å²) < 4.78 is 29.1. The average molecular weight is 434 g/mol. The fourth-order valence-corrected chi connectivity index (χ4v) is 4.12. The maximum atomic E-state index is 14.2. The van der Waals surface area contributed by atoms with Crippen molar-refractivity contribution in [1.82, 2.24) is 24.6 Å². The van der Waals surface area contributed by atoms with E-state index in [-0.39, 0.29) is 11.1 Å². The summed E-state index contributed by atoms with van der Waals surface area (Å²) in [4.78, 5) is 26.9. The molecule has 9 heteroatoms. The minimum absolute atomic E-state index is 0.119. The van der Waals surface area contributed by atoms with Gasteiger partial charge in [-0.25, -0.2) is 14.4 Å². The Hall–Kier alpha value is -3.75. The standard InChI is InChI=1S/C23H20F2N6O/c1-12-6-21(32)31-22(28-12)13(2)14(3)23(29-31)30-5-4-19-16(11-30)7-15(9-26-19)17-8-20(25)27-10-18(17)24/h6-10H,4-5,11H2,1-3H3. The monoisotopic (exact) mass is 434 g/mol. The van der Waals surface area contributed by atoms with E-state index < -0.39 is 11.8 Å². The van der Waals surface area contributed by atoms with Crippen molar-refractivity contribution < 1.29 is 8.78 Å². The Labute approximate surface area is 182 Å². The minimum atomic E-state index is -0.749. The molecule has 5 rings (SSSR count). The maximum absolute atomic E-state index is 14.2. The lowest BCUT2D eigenvalue weighted by Crippen LogP contribution is -2.34. The van der Waals surface area contributed by atoms with Crippen LogP contribution in [0.15, 0.2) is 35.4 Å². The molecule has 0 N–H and O–H groups in total. The molecule has 1 aliphatic heterocycles. The van der Waals surface area contributed by atoms with Gasteiger partial charge >= 0.3 is 0 Å². The number of hydrogen-bond acceptors (Lipinski definition) is 6. The lowest BCUT2D eigenvalue weighted by atomic mass is 10.00. The van der Waals surface area contributed by atoms with E-state index in [4.69, 9.17) is 0 Å². The summed E-state index contributed by atoms with van der Waals surface area (Å²) in [6, 6.07) is 4.36. The Morgan fingerprint density at radius 3 is 2.62 bits per heavy atom. The van der Waals surface area contributed by atoms with Gasteiger partial charge in [-0.1, -0.05) is 0 Å². The van der Waals surface area contributed by atoms with Crippen LogP contribution in [0, 0.1) is 32.5 Å². The minimum Gasteiger partial charge on any atom is -0.350 e. The third-order valence-electron chi connectivity index (χ3n) is 5.92. The summed E-state index contributed by atoms with van der Waals surface area (Å²) >= 11 is 0. The summed E-state index contributed by atoms with van der Waals surface area (Å²) in [5.41, 5.74) is 5.22. The van der Waals surface area contributed by atoms with Crippen molar-refractivity contribution in [3.63, 3.8) is 0 Å². The molecule has 1 aliphatic rings. The van der Waals surface area contributed by atoms with Crippen molar-refractivity contribution in [2.75, 3.05) is 11.4 Å². The van der Waals surface area contributed by atoms with Gasteiger partial charge in [0.15, 0.2) is 11.5 Å². The summed E-state index contributed by atoms with van der Waals surface area (Å²) in [6.45, 7) is 6.84. The van der Waals surface area contributed by atoms with E-state index in [2.05, 4.69) is 25.0 Å². The predicted octanol–water partition coefficient (Wildman–Crippen LogP) is 3.31. The van der Waals surface area contributed by atoms with Gasteiger partial charge in [-0.3, -0.25) is 9.78 Å². The van der Waals surface area contributed by atoms with Gasteiger partial charge in [0.1, 0.15) is 5.82 Å². The largest absolute Gasteiger partial charge is 0.350 e. The average Bonchev–Trinajstić information content (AvgIpc) is 2.77. The van der Waals surface area contributed by atoms with Gasteiger partial charge in [-0.2, -0.15) is 8.91 Å². The van der Waals surface area contributed by atoms with E-state index >= 15 is 0 Å². The van der Waals surface area contributed by atoms with Gasteiger partial charge in [0.05, 0.1) is 6.20 Å². The first kappa shape index (κ1) is 20.2. The van der Waals surface area contributed by atoms with Gasteiger partial charge in [0, 0.05) is 71.5 Å². The van der Waals surface area contributed by atoms with Crippen molar-refractivity contribution in [2.24, 2.45) is 0 Å². The van der Waals surface area contributed by atoms with Crippen LogP contribution in [-0.2, 0) is 13.0 Å². The zero-order valence-corrected chi connectivity index (χ0v) is 17.9. The van der Waals surface area contributed by atoms with Crippen LogP contribution in [0.5, 0.6) is 0 Å². The van der Waals surface area contributed by atoms with Crippen molar-refractivity contribution in [3.05, 3.63) is 80.8 Å². The molecule has 0 aliphatic carbocycles. The molecule has 32 heavy (non-hydrogen) atoms. The molecule has 0 saturated heterocycles. The SMILES string of the molecule is Cc1cc(=O)n2nc(N3CCc4ncc(-c5cc(F)ncc5F)cc4C3)c(C)c(C)c2n1. The van der Waals surface area contributed by atoms with Crippen molar-refractivity contribution in [1.29, 1.82) is 0 Å². The highest BCUT2D eigenvalue weighted by Gasteiger charge is 2.23. The predicted molar refractivity (Wildman–Crippen MR) is 116 cm³/mol. The maximum Gasteiger partial charge on any atom is 0.274 e. The number of fused-ring (bicyclic) bond motifs is 2. The Balaban J connectivity index is 1.57. The highest BCUT2D eigenvalue weighted by atomic mass is 19.1. The first-order valence-corrected chi connectivity index (χ1v) is 10.2. The van der Waals surface area contributed by atoms with E-state index in [1.807, 2.05) is 19.9 Å². The third-order valence-corrected chi connectivity index (χ3v) is 5.92. The number of aryl methyl sites for hydroxylation is 2. The smallest absolute Gasteiger partial charge is 0.274 e. The molecule has 0 radical (unpaired) electrons. The molecule has 0 amide bonds. The van der Waals surface area contributed by atoms with E-state index in [9.17, 15) is 13.6 Å². The molecule has 0 bridgehead atoms. The second kappa shape index (κ2) is 7.44. The van der Waals surface area contributed by atoms with E-state index in [1.54, 1.807) is 13.1 Å². The van der Waals surface area contributed by atoms with Crippen LogP contribution >= 0.6 is 0 Å². The van der Waals surface area contributed by atoms with E-state index in [0.717, 1.165) is 34.6 Å². The second-order valence-electron chi connectivity index (χ2n) is 8.03. The lowest BCUT2D eigenvalue weighted by molar-refractivity contribution is 0.562. The van der Waals surface area contributed by atoms with Crippen LogP contribution in [0.1, 0.15) is 28.1 Å². The molecule has 0 unspecified atom stereocenters. The third kappa shape index (κ3) is 3.30. The topological polar surface area (TPSA) is 76.3 Å². The summed E-state index contributed by atoms with van der Waals surface area (Å²) in [6.07, 6.45) is 3.10. The van der Waals surface area contributed by atoms with Gasteiger partial charge < -0.3 is 4.90 Å². The van der Waals surface area contributed by atoms with Crippen LogP contribution in [0.2, 0.25) is 0 Å².